The molecule has 5 heteroatoms. The summed E-state index contributed by atoms with van der Waals surface area (Å²) in [7, 11) is 0. The van der Waals surface area contributed by atoms with Crippen LogP contribution in [0.3, 0.4) is 0 Å². The van der Waals surface area contributed by atoms with Crippen LogP contribution < -0.4 is 4.74 Å². The maximum atomic E-state index is 12.8. The molecule has 0 radical (unpaired) electrons. The molecule has 0 amide bonds. The SMILES string of the molecule is CC1(C)[C@@H](C=C(Cl)Cl)[C@@H]1C(=O)OC(Oc1ccccc1)c1ccccc1. The van der Waals surface area contributed by atoms with Crippen LogP contribution in [0.5, 0.6) is 5.75 Å². The highest BCUT2D eigenvalue weighted by molar-refractivity contribution is 6.55. The lowest BCUT2D eigenvalue weighted by molar-refractivity contribution is -0.167. The number of benzene rings is 2. The van der Waals surface area contributed by atoms with E-state index in [2.05, 4.69) is 0 Å². The predicted octanol–water partition coefficient (Wildman–Crippen LogP) is 5.90. The van der Waals surface area contributed by atoms with Crippen molar-refractivity contribution in [1.29, 1.82) is 0 Å². The first kappa shape index (κ1) is 18.8. The summed E-state index contributed by atoms with van der Waals surface area (Å²) in [6.07, 6.45) is 0.878. The molecule has 1 aliphatic carbocycles. The van der Waals surface area contributed by atoms with Crippen molar-refractivity contribution in [2.24, 2.45) is 17.3 Å². The van der Waals surface area contributed by atoms with Crippen LogP contribution in [0.1, 0.15) is 25.7 Å². The molecule has 1 saturated carbocycles. The fourth-order valence-corrected chi connectivity index (χ4v) is 3.42. The minimum absolute atomic E-state index is 0.0480. The van der Waals surface area contributed by atoms with Gasteiger partial charge in [-0.25, -0.2) is 0 Å². The Morgan fingerprint density at radius 2 is 1.62 bits per heavy atom. The maximum Gasteiger partial charge on any atom is 0.313 e. The van der Waals surface area contributed by atoms with Crippen LogP contribution >= 0.6 is 23.2 Å². The average molecular weight is 391 g/mol. The van der Waals surface area contributed by atoms with Gasteiger partial charge in [0.15, 0.2) is 0 Å². The Morgan fingerprint density at radius 3 is 2.19 bits per heavy atom. The van der Waals surface area contributed by atoms with Gasteiger partial charge < -0.3 is 9.47 Å². The Labute approximate surface area is 163 Å². The number of hydrogen-bond acceptors (Lipinski definition) is 3. The zero-order valence-electron chi connectivity index (χ0n) is 14.6. The molecule has 2 aromatic rings. The van der Waals surface area contributed by atoms with Crippen molar-refractivity contribution in [1.82, 2.24) is 0 Å². The van der Waals surface area contributed by atoms with Gasteiger partial charge >= 0.3 is 5.97 Å². The van der Waals surface area contributed by atoms with E-state index in [0.29, 0.717) is 5.75 Å². The highest BCUT2D eigenvalue weighted by Crippen LogP contribution is 2.60. The molecule has 1 unspecified atom stereocenters. The second-order valence-corrected chi connectivity index (χ2v) is 7.90. The second kappa shape index (κ2) is 7.73. The number of carbonyl (C=O) groups is 1. The van der Waals surface area contributed by atoms with E-state index in [0.717, 1.165) is 5.56 Å². The van der Waals surface area contributed by atoms with Gasteiger partial charge in [-0.3, -0.25) is 4.79 Å². The van der Waals surface area contributed by atoms with Gasteiger partial charge in [-0.15, -0.1) is 0 Å². The molecule has 3 atom stereocenters. The summed E-state index contributed by atoms with van der Waals surface area (Å²) >= 11 is 11.5. The van der Waals surface area contributed by atoms with Crippen LogP contribution in [-0.2, 0) is 9.53 Å². The van der Waals surface area contributed by atoms with Crippen molar-refractivity contribution in [3.63, 3.8) is 0 Å². The van der Waals surface area contributed by atoms with Gasteiger partial charge in [0.1, 0.15) is 10.2 Å². The van der Waals surface area contributed by atoms with Crippen molar-refractivity contribution < 1.29 is 14.3 Å². The first-order chi connectivity index (χ1) is 12.4. The van der Waals surface area contributed by atoms with Gasteiger partial charge in [0.25, 0.3) is 6.29 Å². The molecule has 2 aromatic carbocycles. The maximum absolute atomic E-state index is 12.8. The molecule has 3 nitrogen and oxygen atoms in total. The molecule has 0 spiro atoms. The van der Waals surface area contributed by atoms with E-state index in [1.54, 1.807) is 6.08 Å². The highest BCUT2D eigenvalue weighted by atomic mass is 35.5. The number of carbonyl (C=O) groups excluding carboxylic acids is 1. The van der Waals surface area contributed by atoms with E-state index in [-0.39, 0.29) is 27.7 Å². The normalized spacial score (nSPS) is 21.4. The molecule has 136 valence electrons. The third-order valence-corrected chi connectivity index (χ3v) is 5.00. The number of allylic oxidation sites excluding steroid dienone is 1. The topological polar surface area (TPSA) is 35.5 Å². The van der Waals surface area contributed by atoms with Crippen LogP contribution in [-0.4, -0.2) is 5.97 Å². The van der Waals surface area contributed by atoms with Crippen molar-refractivity contribution in [3.8, 4) is 5.75 Å². The zero-order valence-corrected chi connectivity index (χ0v) is 16.1. The Bertz CT molecular complexity index is 783. The monoisotopic (exact) mass is 390 g/mol. The van der Waals surface area contributed by atoms with Crippen LogP contribution in [0, 0.1) is 17.3 Å². The summed E-state index contributed by atoms with van der Waals surface area (Å²) in [5.41, 5.74) is 0.519. The van der Waals surface area contributed by atoms with Gasteiger partial charge in [0.05, 0.1) is 5.92 Å². The van der Waals surface area contributed by atoms with Crippen molar-refractivity contribution in [3.05, 3.63) is 76.8 Å². The average Bonchev–Trinajstić information content (AvgIpc) is 3.15. The lowest BCUT2D eigenvalue weighted by atomic mass is 10.1. The smallest absolute Gasteiger partial charge is 0.313 e. The number of halogens is 2. The molecule has 3 rings (SSSR count). The van der Waals surface area contributed by atoms with Crippen LogP contribution in [0.4, 0.5) is 0 Å². The van der Waals surface area contributed by atoms with Gasteiger partial charge in [-0.2, -0.15) is 0 Å². The van der Waals surface area contributed by atoms with E-state index >= 15 is 0 Å². The summed E-state index contributed by atoms with van der Waals surface area (Å²) in [4.78, 5) is 12.8. The molecule has 0 bridgehead atoms. The molecule has 0 aromatic heterocycles. The van der Waals surface area contributed by atoms with E-state index < -0.39 is 6.29 Å². The fourth-order valence-electron chi connectivity index (χ4n) is 3.15. The van der Waals surface area contributed by atoms with Crippen LogP contribution in [0.25, 0.3) is 0 Å². The van der Waals surface area contributed by atoms with E-state index in [9.17, 15) is 4.79 Å². The third kappa shape index (κ3) is 4.22. The largest absolute Gasteiger partial charge is 0.450 e. The van der Waals surface area contributed by atoms with Crippen molar-refractivity contribution in [2.75, 3.05) is 0 Å². The number of ether oxygens (including phenoxy) is 2. The number of para-hydroxylation sites is 1. The number of esters is 1. The van der Waals surface area contributed by atoms with E-state index in [1.807, 2.05) is 74.5 Å². The minimum atomic E-state index is -0.821. The Morgan fingerprint density at radius 1 is 1.04 bits per heavy atom. The fraction of sp³-hybridized carbons (Fsp3) is 0.286. The Balaban J connectivity index is 1.78. The zero-order chi connectivity index (χ0) is 18.7. The molecule has 1 fully saturated rings. The van der Waals surface area contributed by atoms with Crippen LogP contribution in [0.2, 0.25) is 0 Å². The molecule has 0 N–H and O–H groups in total. The van der Waals surface area contributed by atoms with Gasteiger partial charge in [-0.05, 0) is 29.5 Å². The van der Waals surface area contributed by atoms with Crippen LogP contribution in [0.15, 0.2) is 71.2 Å². The highest BCUT2D eigenvalue weighted by Gasteiger charge is 2.62. The number of hydrogen-bond donors (Lipinski definition) is 0. The summed E-state index contributed by atoms with van der Waals surface area (Å²) in [6.45, 7) is 3.98. The van der Waals surface area contributed by atoms with Gasteiger partial charge in [-0.1, -0.05) is 85.6 Å². The standard InChI is InChI=1S/C21H20Cl2O3/c1-21(2)16(13-17(22)23)18(21)19(24)26-20(14-9-5-3-6-10-14)25-15-11-7-4-8-12-15/h3-13,16,18,20H,1-2H3/t16-,18+,20?/m0/s1. The first-order valence-corrected chi connectivity index (χ1v) is 9.15. The minimum Gasteiger partial charge on any atom is -0.450 e. The summed E-state index contributed by atoms with van der Waals surface area (Å²) in [5.74, 6) is -0.0474. The van der Waals surface area contributed by atoms with Gasteiger partial charge in [0, 0.05) is 5.56 Å². The molecule has 0 heterocycles. The number of rotatable bonds is 6. The summed E-state index contributed by atoms with van der Waals surface area (Å²) < 4.78 is 11.8. The van der Waals surface area contributed by atoms with Crippen molar-refractivity contribution in [2.45, 2.75) is 20.1 Å². The first-order valence-electron chi connectivity index (χ1n) is 8.39. The second-order valence-electron chi connectivity index (χ2n) is 6.89. The molecule has 26 heavy (non-hydrogen) atoms. The molecular weight excluding hydrogens is 371 g/mol. The lowest BCUT2D eigenvalue weighted by Crippen LogP contribution is -2.19. The molecular formula is C21H20Cl2O3. The summed E-state index contributed by atoms with van der Waals surface area (Å²) in [6, 6.07) is 18.7. The molecule has 0 aliphatic heterocycles. The predicted molar refractivity (Wildman–Crippen MR) is 103 cm³/mol. The molecule has 0 saturated heterocycles. The summed E-state index contributed by atoms with van der Waals surface area (Å²) in [5, 5.41) is 0. The quantitative estimate of drug-likeness (QED) is 0.454. The lowest BCUT2D eigenvalue weighted by Gasteiger charge is -2.20. The van der Waals surface area contributed by atoms with E-state index in [4.69, 9.17) is 32.7 Å². The third-order valence-electron chi connectivity index (χ3n) is 4.75. The van der Waals surface area contributed by atoms with Gasteiger partial charge in [0.2, 0.25) is 0 Å². The molecule has 1 aliphatic rings. The Kier molecular flexibility index (Phi) is 5.59. The van der Waals surface area contributed by atoms with Crippen molar-refractivity contribution >= 4 is 29.2 Å². The van der Waals surface area contributed by atoms with E-state index in [1.165, 1.54) is 0 Å². The Hall–Kier alpha value is -1.97.